The maximum Gasteiger partial charge on any atom is 0.304 e. The van der Waals surface area contributed by atoms with Gasteiger partial charge >= 0.3 is 5.97 Å². The fourth-order valence-corrected chi connectivity index (χ4v) is 5.65. The average molecular weight is 515 g/mol. The Morgan fingerprint density at radius 1 is 1.08 bits per heavy atom. The zero-order valence-corrected chi connectivity index (χ0v) is 23.0. The summed E-state index contributed by atoms with van der Waals surface area (Å²) in [5.41, 5.74) is 18.9. The molecule has 3 aromatic carbocycles. The Hall–Kier alpha value is -3.84. The van der Waals surface area contributed by atoms with E-state index in [0.717, 1.165) is 57.6 Å². The lowest BCUT2D eigenvalue weighted by Crippen LogP contribution is -2.36. The van der Waals surface area contributed by atoms with Crippen molar-refractivity contribution in [3.8, 4) is 0 Å². The lowest BCUT2D eigenvalue weighted by Gasteiger charge is -2.31. The Morgan fingerprint density at radius 2 is 1.79 bits per heavy atom. The molecule has 3 aromatic rings. The zero-order valence-electron chi connectivity index (χ0n) is 23.0. The van der Waals surface area contributed by atoms with E-state index >= 15 is 0 Å². The van der Waals surface area contributed by atoms with Crippen LogP contribution in [0.2, 0.25) is 0 Å². The number of amides is 1. The highest BCUT2D eigenvalue weighted by molar-refractivity contribution is 5.97. The molecule has 1 unspecified atom stereocenters. The summed E-state index contributed by atoms with van der Waals surface area (Å²) in [6.45, 7) is 9.84. The summed E-state index contributed by atoms with van der Waals surface area (Å²) in [6, 6.07) is 16.1. The number of nitrogen functional groups attached to an aromatic ring is 1. The number of hydrogen-bond acceptors (Lipinski definition) is 5. The van der Waals surface area contributed by atoms with Gasteiger partial charge in [-0.15, -0.1) is 0 Å². The molecule has 1 atom stereocenters. The van der Waals surface area contributed by atoms with Crippen molar-refractivity contribution in [1.82, 2.24) is 10.3 Å². The molecular weight excluding hydrogens is 476 g/mol. The number of benzene rings is 3. The third-order valence-electron chi connectivity index (χ3n) is 7.79. The lowest BCUT2D eigenvalue weighted by molar-refractivity contribution is -0.137. The topological polar surface area (TPSA) is 98.9 Å². The van der Waals surface area contributed by atoms with Crippen LogP contribution in [0.4, 0.5) is 11.4 Å². The first-order valence-corrected chi connectivity index (χ1v) is 13.2. The first-order chi connectivity index (χ1) is 18.2. The van der Waals surface area contributed by atoms with E-state index in [2.05, 4.69) is 17.6 Å². The van der Waals surface area contributed by atoms with Crippen LogP contribution in [0.15, 0.2) is 48.5 Å². The van der Waals surface area contributed by atoms with E-state index in [1.54, 1.807) is 0 Å². The molecule has 0 aliphatic carbocycles. The molecule has 1 amide bonds. The van der Waals surface area contributed by atoms with E-state index in [9.17, 15) is 14.7 Å². The first-order valence-electron chi connectivity index (χ1n) is 13.2. The number of carboxylic acid groups (broad SMARTS) is 1. The van der Waals surface area contributed by atoms with Crippen LogP contribution in [0.25, 0.3) is 0 Å². The maximum absolute atomic E-state index is 13.5. The largest absolute Gasteiger partial charge is 0.481 e. The Morgan fingerprint density at radius 3 is 2.42 bits per heavy atom. The number of aliphatic carboxylic acids is 1. The van der Waals surface area contributed by atoms with Crippen LogP contribution in [0.1, 0.15) is 68.6 Å². The minimum Gasteiger partial charge on any atom is -0.481 e. The SMILES string of the molecule is CCN(NC)c1ccc(C(CC(=O)O)c2ccc3c(c2)CN(C(=O)c2c(C)cccc2C)CC3)c(C)c1N. The van der Waals surface area contributed by atoms with Crippen molar-refractivity contribution in [3.63, 3.8) is 0 Å². The molecule has 1 aliphatic rings. The smallest absolute Gasteiger partial charge is 0.304 e. The fourth-order valence-electron chi connectivity index (χ4n) is 5.65. The molecule has 200 valence electrons. The lowest BCUT2D eigenvalue weighted by atomic mass is 9.83. The number of hydrazine groups is 1. The maximum atomic E-state index is 13.5. The Labute approximate surface area is 225 Å². The zero-order chi connectivity index (χ0) is 27.6. The standard InChI is InChI=1S/C31H38N4O3/c1-6-35(33-5)27-13-12-25(21(4)30(27)32)26(17-28(36)37)23-11-10-22-14-15-34(18-24(22)16-23)31(38)29-19(2)8-7-9-20(29)3/h7-13,16,26,33H,6,14-15,17-18,32H2,1-5H3,(H,36,37). The van der Waals surface area contributed by atoms with Crippen molar-refractivity contribution < 1.29 is 14.7 Å². The average Bonchev–Trinajstić information content (AvgIpc) is 2.89. The summed E-state index contributed by atoms with van der Waals surface area (Å²) in [7, 11) is 1.85. The molecule has 0 aromatic heterocycles. The predicted molar refractivity (Wildman–Crippen MR) is 153 cm³/mol. The summed E-state index contributed by atoms with van der Waals surface area (Å²) in [5, 5.41) is 11.8. The Balaban J connectivity index is 1.69. The van der Waals surface area contributed by atoms with Gasteiger partial charge in [-0.25, -0.2) is 5.43 Å². The molecule has 0 saturated carbocycles. The van der Waals surface area contributed by atoms with Gasteiger partial charge in [0.1, 0.15) is 0 Å². The molecule has 0 fully saturated rings. The van der Waals surface area contributed by atoms with E-state index in [1.807, 2.05) is 81.0 Å². The molecule has 0 bridgehead atoms. The van der Waals surface area contributed by atoms with Crippen molar-refractivity contribution >= 4 is 23.3 Å². The number of rotatable bonds is 8. The monoisotopic (exact) mass is 514 g/mol. The van der Waals surface area contributed by atoms with Crippen LogP contribution < -0.4 is 16.2 Å². The second-order valence-electron chi connectivity index (χ2n) is 10.1. The number of nitrogens with one attached hydrogen (secondary N) is 1. The normalized spacial score (nSPS) is 13.7. The number of hydrogen-bond donors (Lipinski definition) is 3. The number of fused-ring (bicyclic) bond motifs is 1. The third-order valence-corrected chi connectivity index (χ3v) is 7.79. The number of carbonyl (C=O) groups excluding carboxylic acids is 1. The van der Waals surface area contributed by atoms with Crippen LogP contribution in [0, 0.1) is 20.8 Å². The Bertz CT molecular complexity index is 1340. The van der Waals surface area contributed by atoms with E-state index in [-0.39, 0.29) is 18.2 Å². The van der Waals surface area contributed by atoms with Crippen molar-refractivity contribution in [2.24, 2.45) is 0 Å². The molecule has 0 spiro atoms. The molecule has 4 N–H and O–H groups in total. The molecule has 0 saturated heterocycles. The van der Waals surface area contributed by atoms with Gasteiger partial charge in [0.15, 0.2) is 0 Å². The van der Waals surface area contributed by atoms with Crippen LogP contribution in [0.3, 0.4) is 0 Å². The minimum absolute atomic E-state index is 0.0444. The van der Waals surface area contributed by atoms with Gasteiger partial charge in [-0.1, -0.05) is 42.5 Å². The van der Waals surface area contributed by atoms with Crippen LogP contribution in [-0.4, -0.2) is 42.0 Å². The number of carboxylic acids is 1. The molecule has 7 heteroatoms. The summed E-state index contributed by atoms with van der Waals surface area (Å²) in [5.74, 6) is -1.18. The molecule has 1 aliphatic heterocycles. The van der Waals surface area contributed by atoms with E-state index < -0.39 is 5.97 Å². The van der Waals surface area contributed by atoms with Crippen LogP contribution in [-0.2, 0) is 17.8 Å². The highest BCUT2D eigenvalue weighted by Crippen LogP contribution is 2.38. The van der Waals surface area contributed by atoms with Gasteiger partial charge in [-0.3, -0.25) is 9.59 Å². The number of carbonyl (C=O) groups is 2. The van der Waals surface area contributed by atoms with Gasteiger partial charge in [0.2, 0.25) is 0 Å². The number of nitrogens with two attached hydrogens (primary N) is 1. The van der Waals surface area contributed by atoms with Gasteiger partial charge in [-0.2, -0.15) is 0 Å². The molecule has 1 heterocycles. The first kappa shape index (κ1) is 27.2. The number of anilines is 2. The van der Waals surface area contributed by atoms with Crippen molar-refractivity contribution in [2.45, 2.75) is 53.0 Å². The predicted octanol–water partition coefficient (Wildman–Crippen LogP) is 4.96. The van der Waals surface area contributed by atoms with Gasteiger partial charge in [-0.05, 0) is 79.1 Å². The second kappa shape index (κ2) is 11.3. The number of nitrogens with zero attached hydrogens (tertiary/aromatic N) is 2. The van der Waals surface area contributed by atoms with Gasteiger partial charge in [0.25, 0.3) is 5.91 Å². The summed E-state index contributed by atoms with van der Waals surface area (Å²) in [6.07, 6.45) is 0.723. The molecular formula is C31H38N4O3. The van der Waals surface area contributed by atoms with E-state index in [1.165, 1.54) is 5.56 Å². The number of aryl methyl sites for hydroxylation is 2. The van der Waals surface area contributed by atoms with E-state index in [0.29, 0.717) is 18.8 Å². The minimum atomic E-state index is -0.869. The molecule has 4 rings (SSSR count). The molecule has 7 nitrogen and oxygen atoms in total. The quantitative estimate of drug-likeness (QED) is 0.290. The summed E-state index contributed by atoms with van der Waals surface area (Å²) < 4.78 is 0. The molecule has 0 radical (unpaired) electrons. The van der Waals surface area contributed by atoms with E-state index in [4.69, 9.17) is 5.73 Å². The fraction of sp³-hybridized carbons (Fsp3) is 0.355. The van der Waals surface area contributed by atoms with Gasteiger partial charge < -0.3 is 20.7 Å². The highest BCUT2D eigenvalue weighted by Gasteiger charge is 2.27. The van der Waals surface area contributed by atoms with Gasteiger partial charge in [0, 0.05) is 38.2 Å². The van der Waals surface area contributed by atoms with Gasteiger partial charge in [0.05, 0.1) is 17.8 Å². The summed E-state index contributed by atoms with van der Waals surface area (Å²) in [4.78, 5) is 27.4. The van der Waals surface area contributed by atoms with Crippen molar-refractivity contribution in [1.29, 1.82) is 0 Å². The van der Waals surface area contributed by atoms with Crippen LogP contribution in [0.5, 0.6) is 0 Å². The Kier molecular flexibility index (Phi) is 8.07. The molecule has 38 heavy (non-hydrogen) atoms. The second-order valence-corrected chi connectivity index (χ2v) is 10.1. The highest BCUT2D eigenvalue weighted by atomic mass is 16.4. The summed E-state index contributed by atoms with van der Waals surface area (Å²) >= 11 is 0. The van der Waals surface area contributed by atoms with Crippen LogP contribution >= 0.6 is 0 Å². The van der Waals surface area contributed by atoms with Crippen molar-refractivity contribution in [2.75, 3.05) is 30.9 Å². The van der Waals surface area contributed by atoms with Crippen molar-refractivity contribution in [3.05, 3.63) is 93.0 Å². The third kappa shape index (κ3) is 5.24.